The summed E-state index contributed by atoms with van der Waals surface area (Å²) >= 11 is 0. The summed E-state index contributed by atoms with van der Waals surface area (Å²) < 4.78 is 1.57. The van der Waals surface area contributed by atoms with Crippen LogP contribution in [0.5, 0.6) is 0 Å². The molecule has 1 aromatic rings. The van der Waals surface area contributed by atoms with Gasteiger partial charge < -0.3 is 16.6 Å². The van der Waals surface area contributed by atoms with Crippen LogP contribution in [0.4, 0.5) is 11.5 Å². The number of nitrogens with zero attached hydrogens (tertiary/aromatic N) is 2. The van der Waals surface area contributed by atoms with Gasteiger partial charge in [0.2, 0.25) is 0 Å². The van der Waals surface area contributed by atoms with Crippen LogP contribution in [-0.4, -0.2) is 21.5 Å². The molecular weight excluding hydrogens is 168 g/mol. The molecule has 0 fully saturated rings. The van der Waals surface area contributed by atoms with Gasteiger partial charge >= 0.3 is 0 Å². The zero-order valence-electron chi connectivity index (χ0n) is 7.99. The van der Waals surface area contributed by atoms with Gasteiger partial charge in [0.25, 0.3) is 0 Å². The minimum Gasteiger partial charge on any atom is -0.394 e. The average Bonchev–Trinajstić information content (AvgIpc) is 2.47. The lowest BCUT2D eigenvalue weighted by Crippen LogP contribution is -2.35. The van der Waals surface area contributed by atoms with Gasteiger partial charge in [-0.15, -0.1) is 0 Å². The number of anilines is 2. The van der Waals surface area contributed by atoms with Crippen LogP contribution in [0.2, 0.25) is 0 Å². The SMILES string of the molecule is CCC(C)(CO)n1ncc(N)c1N. The van der Waals surface area contributed by atoms with E-state index in [4.69, 9.17) is 11.5 Å². The predicted molar refractivity (Wildman–Crippen MR) is 52.1 cm³/mol. The molecule has 0 saturated carbocycles. The molecule has 5 nitrogen and oxygen atoms in total. The van der Waals surface area contributed by atoms with Crippen molar-refractivity contribution in [2.45, 2.75) is 25.8 Å². The summed E-state index contributed by atoms with van der Waals surface area (Å²) in [6, 6.07) is 0. The number of aliphatic hydroxyl groups excluding tert-OH is 1. The molecule has 0 saturated heterocycles. The number of hydrogen-bond acceptors (Lipinski definition) is 4. The molecule has 1 heterocycles. The van der Waals surface area contributed by atoms with Gasteiger partial charge in [-0.1, -0.05) is 6.92 Å². The standard InChI is InChI=1S/C8H16N4O/c1-3-8(2,5-13)12-7(10)6(9)4-11-12/h4,13H,3,5,9-10H2,1-2H3. The maximum absolute atomic E-state index is 9.22. The smallest absolute Gasteiger partial charge is 0.145 e. The van der Waals surface area contributed by atoms with Crippen molar-refractivity contribution < 1.29 is 5.11 Å². The maximum atomic E-state index is 9.22. The minimum atomic E-state index is -0.457. The molecule has 0 amide bonds. The monoisotopic (exact) mass is 184 g/mol. The van der Waals surface area contributed by atoms with Crippen LogP contribution in [0.1, 0.15) is 20.3 Å². The van der Waals surface area contributed by atoms with E-state index in [1.165, 1.54) is 6.20 Å². The van der Waals surface area contributed by atoms with E-state index in [0.717, 1.165) is 6.42 Å². The van der Waals surface area contributed by atoms with Crippen LogP contribution in [-0.2, 0) is 5.54 Å². The van der Waals surface area contributed by atoms with E-state index in [1.54, 1.807) is 4.68 Å². The fraction of sp³-hybridized carbons (Fsp3) is 0.625. The highest BCUT2D eigenvalue weighted by Gasteiger charge is 2.26. The lowest BCUT2D eigenvalue weighted by atomic mass is 10.0. The van der Waals surface area contributed by atoms with Gasteiger partial charge in [-0.2, -0.15) is 5.10 Å². The van der Waals surface area contributed by atoms with Crippen molar-refractivity contribution in [3.63, 3.8) is 0 Å². The van der Waals surface area contributed by atoms with E-state index >= 15 is 0 Å². The Morgan fingerprint density at radius 2 is 2.23 bits per heavy atom. The third kappa shape index (κ3) is 1.47. The van der Waals surface area contributed by atoms with Crippen LogP contribution in [0, 0.1) is 0 Å². The van der Waals surface area contributed by atoms with Crippen LogP contribution in [0.15, 0.2) is 6.20 Å². The van der Waals surface area contributed by atoms with Gasteiger partial charge in [0, 0.05) is 0 Å². The van der Waals surface area contributed by atoms with E-state index in [2.05, 4.69) is 5.10 Å². The summed E-state index contributed by atoms with van der Waals surface area (Å²) in [7, 11) is 0. The van der Waals surface area contributed by atoms with Crippen molar-refractivity contribution in [1.82, 2.24) is 9.78 Å². The van der Waals surface area contributed by atoms with E-state index in [1.807, 2.05) is 13.8 Å². The van der Waals surface area contributed by atoms with Crippen molar-refractivity contribution >= 4 is 11.5 Å². The third-order valence-corrected chi connectivity index (χ3v) is 2.45. The highest BCUT2D eigenvalue weighted by molar-refractivity contribution is 5.57. The number of aromatic nitrogens is 2. The zero-order chi connectivity index (χ0) is 10.1. The molecule has 0 bridgehead atoms. The summed E-state index contributed by atoms with van der Waals surface area (Å²) in [5.74, 6) is 0.415. The molecular formula is C8H16N4O. The second kappa shape index (κ2) is 3.26. The van der Waals surface area contributed by atoms with Crippen molar-refractivity contribution in [3.8, 4) is 0 Å². The lowest BCUT2D eigenvalue weighted by Gasteiger charge is -2.27. The van der Waals surface area contributed by atoms with Gasteiger partial charge in [-0.3, -0.25) is 0 Å². The zero-order valence-corrected chi connectivity index (χ0v) is 7.99. The highest BCUT2D eigenvalue weighted by Crippen LogP contribution is 2.25. The maximum Gasteiger partial charge on any atom is 0.145 e. The Morgan fingerprint density at radius 1 is 1.62 bits per heavy atom. The highest BCUT2D eigenvalue weighted by atomic mass is 16.3. The van der Waals surface area contributed by atoms with Crippen molar-refractivity contribution in [2.24, 2.45) is 0 Å². The number of rotatable bonds is 3. The normalized spacial score (nSPS) is 15.6. The number of aliphatic hydroxyl groups is 1. The molecule has 1 aromatic heterocycles. The Kier molecular flexibility index (Phi) is 2.47. The number of nitrogen functional groups attached to an aromatic ring is 2. The van der Waals surface area contributed by atoms with Gasteiger partial charge in [-0.25, -0.2) is 4.68 Å². The minimum absolute atomic E-state index is 0.00514. The van der Waals surface area contributed by atoms with Crippen LogP contribution < -0.4 is 11.5 Å². The Bertz CT molecular complexity index is 290. The van der Waals surface area contributed by atoms with Crippen molar-refractivity contribution in [1.29, 1.82) is 0 Å². The van der Waals surface area contributed by atoms with Crippen molar-refractivity contribution in [3.05, 3.63) is 6.20 Å². The first-order chi connectivity index (χ1) is 6.05. The first-order valence-electron chi connectivity index (χ1n) is 4.25. The molecule has 13 heavy (non-hydrogen) atoms. The quantitative estimate of drug-likeness (QED) is 0.624. The topological polar surface area (TPSA) is 90.1 Å². The fourth-order valence-corrected chi connectivity index (χ4v) is 1.13. The Morgan fingerprint density at radius 3 is 2.54 bits per heavy atom. The molecule has 1 atom stereocenters. The summed E-state index contributed by atoms with van der Waals surface area (Å²) in [4.78, 5) is 0. The molecule has 0 aromatic carbocycles. The van der Waals surface area contributed by atoms with Gasteiger partial charge in [0.1, 0.15) is 5.82 Å². The molecule has 5 heteroatoms. The summed E-state index contributed by atoms with van der Waals surface area (Å²) in [5, 5.41) is 13.3. The Labute approximate surface area is 77.3 Å². The molecule has 0 radical (unpaired) electrons. The third-order valence-electron chi connectivity index (χ3n) is 2.45. The molecule has 0 aliphatic rings. The summed E-state index contributed by atoms with van der Waals surface area (Å²) in [6.45, 7) is 3.85. The second-order valence-corrected chi connectivity index (χ2v) is 3.41. The molecule has 0 spiro atoms. The van der Waals surface area contributed by atoms with Gasteiger partial charge in [0.05, 0.1) is 24.0 Å². The summed E-state index contributed by atoms with van der Waals surface area (Å²) in [6.07, 6.45) is 2.24. The van der Waals surface area contributed by atoms with Crippen LogP contribution >= 0.6 is 0 Å². The molecule has 1 unspecified atom stereocenters. The van der Waals surface area contributed by atoms with E-state index < -0.39 is 5.54 Å². The second-order valence-electron chi connectivity index (χ2n) is 3.41. The average molecular weight is 184 g/mol. The number of nitrogens with two attached hydrogens (primary N) is 2. The van der Waals surface area contributed by atoms with E-state index in [9.17, 15) is 5.11 Å². The van der Waals surface area contributed by atoms with Crippen LogP contribution in [0.3, 0.4) is 0 Å². The first-order valence-corrected chi connectivity index (χ1v) is 4.25. The van der Waals surface area contributed by atoms with Gasteiger partial charge in [-0.05, 0) is 13.3 Å². The predicted octanol–water partition coefficient (Wildman–Crippen LogP) is 0.165. The van der Waals surface area contributed by atoms with Crippen molar-refractivity contribution in [2.75, 3.05) is 18.1 Å². The molecule has 0 aliphatic heterocycles. The Hall–Kier alpha value is -1.23. The van der Waals surface area contributed by atoms with Gasteiger partial charge in [0.15, 0.2) is 0 Å². The largest absolute Gasteiger partial charge is 0.394 e. The fourth-order valence-electron chi connectivity index (χ4n) is 1.13. The first kappa shape index (κ1) is 9.85. The lowest BCUT2D eigenvalue weighted by molar-refractivity contribution is 0.133. The molecule has 1 rings (SSSR count). The van der Waals surface area contributed by atoms with E-state index in [0.29, 0.717) is 11.5 Å². The van der Waals surface area contributed by atoms with Crippen LogP contribution in [0.25, 0.3) is 0 Å². The summed E-state index contributed by atoms with van der Waals surface area (Å²) in [5.41, 5.74) is 11.3. The van der Waals surface area contributed by atoms with E-state index in [-0.39, 0.29) is 6.61 Å². The molecule has 74 valence electrons. The molecule has 5 N–H and O–H groups in total. The number of hydrogen-bond donors (Lipinski definition) is 3. The molecule has 0 aliphatic carbocycles. The Balaban J connectivity index is 3.12.